The Morgan fingerprint density at radius 1 is 1.64 bits per heavy atom. The molecule has 1 heterocycles. The van der Waals surface area contributed by atoms with Crippen LogP contribution in [0.1, 0.15) is 27.2 Å². The first-order valence-corrected chi connectivity index (χ1v) is 5.53. The first-order chi connectivity index (χ1) is 6.49. The van der Waals surface area contributed by atoms with E-state index in [0.29, 0.717) is 12.6 Å². The minimum atomic E-state index is 0.137. The van der Waals surface area contributed by atoms with E-state index >= 15 is 0 Å². The quantitative estimate of drug-likeness (QED) is 0.738. The van der Waals surface area contributed by atoms with Crippen molar-refractivity contribution in [2.75, 3.05) is 26.8 Å². The molecule has 1 aliphatic heterocycles. The summed E-state index contributed by atoms with van der Waals surface area (Å²) < 4.78 is 5.43. The van der Waals surface area contributed by atoms with Crippen LogP contribution < -0.4 is 5.73 Å². The van der Waals surface area contributed by atoms with Gasteiger partial charge in [0.15, 0.2) is 0 Å². The van der Waals surface area contributed by atoms with Crippen LogP contribution in [-0.4, -0.2) is 43.8 Å². The van der Waals surface area contributed by atoms with Crippen molar-refractivity contribution in [1.29, 1.82) is 0 Å². The molecule has 0 aromatic heterocycles. The Bertz CT molecular complexity index is 186. The molecule has 3 nitrogen and oxygen atoms in total. The molecule has 3 atom stereocenters. The number of hydrogen-bond donors (Lipinski definition) is 1. The largest absolute Gasteiger partial charge is 0.379 e. The average Bonchev–Trinajstić information content (AvgIpc) is 2.45. The van der Waals surface area contributed by atoms with Crippen molar-refractivity contribution >= 4 is 0 Å². The fraction of sp³-hybridized carbons (Fsp3) is 1.00. The predicted molar refractivity (Wildman–Crippen MR) is 59.3 cm³/mol. The van der Waals surface area contributed by atoms with E-state index in [0.717, 1.165) is 13.2 Å². The average molecular weight is 200 g/mol. The Kier molecular flexibility index (Phi) is 3.93. The van der Waals surface area contributed by atoms with Gasteiger partial charge in [0, 0.05) is 24.0 Å². The molecule has 1 rings (SSSR count). The highest BCUT2D eigenvalue weighted by atomic mass is 16.5. The fourth-order valence-electron chi connectivity index (χ4n) is 1.93. The second-order valence-corrected chi connectivity index (χ2v) is 4.95. The number of rotatable bonds is 4. The van der Waals surface area contributed by atoms with Crippen molar-refractivity contribution in [3.8, 4) is 0 Å². The van der Waals surface area contributed by atoms with Gasteiger partial charge >= 0.3 is 0 Å². The summed E-state index contributed by atoms with van der Waals surface area (Å²) in [5, 5.41) is 0. The Morgan fingerprint density at radius 3 is 2.71 bits per heavy atom. The minimum Gasteiger partial charge on any atom is -0.379 e. The van der Waals surface area contributed by atoms with Gasteiger partial charge in [-0.05, 0) is 20.4 Å². The minimum absolute atomic E-state index is 0.137. The van der Waals surface area contributed by atoms with Gasteiger partial charge in [0.1, 0.15) is 0 Å². The molecule has 0 aromatic rings. The lowest BCUT2D eigenvalue weighted by atomic mass is 9.85. The molecule has 14 heavy (non-hydrogen) atoms. The Labute approximate surface area is 87.6 Å². The lowest BCUT2D eigenvalue weighted by molar-refractivity contribution is 0.113. The third-order valence-corrected chi connectivity index (χ3v) is 3.58. The normalized spacial score (nSPS) is 35.1. The van der Waals surface area contributed by atoms with Gasteiger partial charge in [-0.15, -0.1) is 0 Å². The number of nitrogens with zero attached hydrogens (tertiary/aromatic N) is 1. The molecular weight excluding hydrogens is 176 g/mol. The molecule has 1 fully saturated rings. The zero-order valence-electron chi connectivity index (χ0n) is 9.92. The summed E-state index contributed by atoms with van der Waals surface area (Å²) in [7, 11) is 2.17. The molecule has 0 saturated carbocycles. The van der Waals surface area contributed by atoms with Crippen molar-refractivity contribution in [2.24, 2.45) is 11.1 Å². The zero-order chi connectivity index (χ0) is 10.8. The van der Waals surface area contributed by atoms with Crippen LogP contribution in [0.3, 0.4) is 0 Å². The maximum absolute atomic E-state index is 6.05. The van der Waals surface area contributed by atoms with E-state index < -0.39 is 0 Å². The van der Waals surface area contributed by atoms with Gasteiger partial charge in [0.25, 0.3) is 0 Å². The molecule has 0 bridgehead atoms. The molecule has 0 radical (unpaired) electrons. The summed E-state index contributed by atoms with van der Waals surface area (Å²) in [5.74, 6) is 0. The SMILES string of the molecule is CCC(C)N(C)CC1(C)COCC1N. The highest BCUT2D eigenvalue weighted by Crippen LogP contribution is 2.28. The molecule has 1 saturated heterocycles. The lowest BCUT2D eigenvalue weighted by Gasteiger charge is -2.34. The summed E-state index contributed by atoms with van der Waals surface area (Å²) in [4.78, 5) is 2.38. The van der Waals surface area contributed by atoms with Crippen LogP contribution in [0.5, 0.6) is 0 Å². The van der Waals surface area contributed by atoms with Gasteiger partial charge in [-0.1, -0.05) is 13.8 Å². The summed E-state index contributed by atoms with van der Waals surface area (Å²) in [6.07, 6.45) is 1.18. The van der Waals surface area contributed by atoms with Crippen LogP contribution in [-0.2, 0) is 4.74 Å². The number of ether oxygens (including phenoxy) is 1. The Hall–Kier alpha value is -0.120. The van der Waals surface area contributed by atoms with Crippen LogP contribution in [0.4, 0.5) is 0 Å². The smallest absolute Gasteiger partial charge is 0.0624 e. The molecule has 84 valence electrons. The zero-order valence-corrected chi connectivity index (χ0v) is 9.92. The van der Waals surface area contributed by atoms with Crippen molar-refractivity contribution in [2.45, 2.75) is 39.3 Å². The van der Waals surface area contributed by atoms with Crippen LogP contribution in [0.2, 0.25) is 0 Å². The van der Waals surface area contributed by atoms with Gasteiger partial charge in [0.05, 0.1) is 13.2 Å². The highest BCUT2D eigenvalue weighted by Gasteiger charge is 2.38. The first-order valence-electron chi connectivity index (χ1n) is 5.53. The highest BCUT2D eigenvalue weighted by molar-refractivity contribution is 4.92. The van der Waals surface area contributed by atoms with Gasteiger partial charge in [-0.2, -0.15) is 0 Å². The van der Waals surface area contributed by atoms with E-state index in [1.54, 1.807) is 0 Å². The van der Waals surface area contributed by atoms with E-state index in [1.807, 2.05) is 0 Å². The van der Waals surface area contributed by atoms with E-state index in [2.05, 4.69) is 32.7 Å². The Balaban J connectivity index is 2.49. The predicted octanol–water partition coefficient (Wildman–Crippen LogP) is 1.08. The number of hydrogen-bond acceptors (Lipinski definition) is 3. The van der Waals surface area contributed by atoms with E-state index in [4.69, 9.17) is 10.5 Å². The second-order valence-electron chi connectivity index (χ2n) is 4.95. The van der Waals surface area contributed by atoms with Gasteiger partial charge in [-0.25, -0.2) is 0 Å². The van der Waals surface area contributed by atoms with Gasteiger partial charge < -0.3 is 15.4 Å². The summed E-state index contributed by atoms with van der Waals surface area (Å²) in [5.41, 5.74) is 6.19. The van der Waals surface area contributed by atoms with Crippen LogP contribution in [0.25, 0.3) is 0 Å². The van der Waals surface area contributed by atoms with Crippen molar-refractivity contribution < 1.29 is 4.74 Å². The fourth-order valence-corrected chi connectivity index (χ4v) is 1.93. The molecule has 0 aromatic carbocycles. The van der Waals surface area contributed by atoms with Crippen LogP contribution >= 0.6 is 0 Å². The second kappa shape index (κ2) is 4.60. The van der Waals surface area contributed by atoms with Crippen LogP contribution in [0, 0.1) is 5.41 Å². The molecule has 3 heteroatoms. The molecular formula is C11H24N2O. The first kappa shape index (κ1) is 12.0. The molecule has 2 N–H and O–H groups in total. The monoisotopic (exact) mass is 200 g/mol. The molecule has 3 unspecified atom stereocenters. The number of nitrogens with two attached hydrogens (primary N) is 1. The topological polar surface area (TPSA) is 38.5 Å². The van der Waals surface area contributed by atoms with E-state index in [1.165, 1.54) is 6.42 Å². The van der Waals surface area contributed by atoms with Crippen molar-refractivity contribution in [3.63, 3.8) is 0 Å². The molecule has 0 spiro atoms. The lowest BCUT2D eigenvalue weighted by Crippen LogP contribution is -2.47. The summed E-state index contributed by atoms with van der Waals surface area (Å²) in [6.45, 7) is 9.24. The Morgan fingerprint density at radius 2 is 2.29 bits per heavy atom. The van der Waals surface area contributed by atoms with Crippen LogP contribution in [0.15, 0.2) is 0 Å². The third kappa shape index (κ3) is 2.47. The maximum atomic E-state index is 6.05. The van der Waals surface area contributed by atoms with Gasteiger partial charge in [-0.3, -0.25) is 0 Å². The summed E-state index contributed by atoms with van der Waals surface area (Å²) >= 11 is 0. The summed E-state index contributed by atoms with van der Waals surface area (Å²) in [6, 6.07) is 0.814. The third-order valence-electron chi connectivity index (χ3n) is 3.58. The van der Waals surface area contributed by atoms with E-state index in [9.17, 15) is 0 Å². The van der Waals surface area contributed by atoms with Crippen molar-refractivity contribution in [1.82, 2.24) is 4.90 Å². The van der Waals surface area contributed by atoms with Gasteiger partial charge in [0.2, 0.25) is 0 Å². The molecule has 1 aliphatic rings. The molecule has 0 amide bonds. The van der Waals surface area contributed by atoms with E-state index in [-0.39, 0.29) is 11.5 Å². The molecule has 0 aliphatic carbocycles. The maximum Gasteiger partial charge on any atom is 0.0624 e. The van der Waals surface area contributed by atoms with Crippen molar-refractivity contribution in [3.05, 3.63) is 0 Å². The standard InChI is InChI=1S/C11H24N2O/c1-5-9(2)13(4)7-11(3)8-14-6-10(11)12/h9-10H,5-8,12H2,1-4H3.